The van der Waals surface area contributed by atoms with Crippen LogP contribution >= 0.6 is 0 Å². The highest BCUT2D eigenvalue weighted by Crippen LogP contribution is 2.23. The average molecular weight is 296 g/mol. The van der Waals surface area contributed by atoms with Gasteiger partial charge in [-0.25, -0.2) is 8.42 Å². The molecule has 1 fully saturated rings. The van der Waals surface area contributed by atoms with Crippen LogP contribution in [0.3, 0.4) is 0 Å². The molecule has 20 heavy (non-hydrogen) atoms. The Morgan fingerprint density at radius 3 is 2.60 bits per heavy atom. The molecule has 0 aromatic heterocycles. The lowest BCUT2D eigenvalue weighted by molar-refractivity contribution is 0.263. The van der Waals surface area contributed by atoms with Crippen LogP contribution in [-0.2, 0) is 16.4 Å². The summed E-state index contributed by atoms with van der Waals surface area (Å²) in [5.74, 6) is 0.415. The average Bonchev–Trinajstić information content (AvgIpc) is 2.48. The number of rotatable bonds is 5. The summed E-state index contributed by atoms with van der Waals surface area (Å²) in [5.41, 5.74) is 1.16. The maximum atomic E-state index is 12.6. The van der Waals surface area contributed by atoms with Crippen molar-refractivity contribution in [1.29, 1.82) is 0 Å². The van der Waals surface area contributed by atoms with Crippen LogP contribution in [0, 0.1) is 5.92 Å². The van der Waals surface area contributed by atoms with E-state index in [-0.39, 0.29) is 0 Å². The van der Waals surface area contributed by atoms with Crippen molar-refractivity contribution in [3.05, 3.63) is 29.8 Å². The molecule has 1 aliphatic heterocycles. The van der Waals surface area contributed by atoms with Crippen LogP contribution in [0.1, 0.15) is 25.3 Å². The van der Waals surface area contributed by atoms with Crippen molar-refractivity contribution in [2.45, 2.75) is 31.1 Å². The molecule has 1 aliphatic rings. The number of aryl methyl sites for hydroxylation is 1. The van der Waals surface area contributed by atoms with Gasteiger partial charge in [-0.1, -0.05) is 19.1 Å². The second-order valence-electron chi connectivity index (χ2n) is 5.43. The molecule has 1 aromatic rings. The first-order chi connectivity index (χ1) is 9.57. The lowest BCUT2D eigenvalue weighted by Crippen LogP contribution is -2.42. The summed E-state index contributed by atoms with van der Waals surface area (Å²) in [4.78, 5) is 0.416. The van der Waals surface area contributed by atoms with Crippen molar-refractivity contribution in [1.82, 2.24) is 9.62 Å². The SMILES string of the molecule is CCc1ccc(S(=O)(=O)N2CCCC(CNC)C2)cc1. The van der Waals surface area contributed by atoms with Gasteiger partial charge in [0.05, 0.1) is 4.90 Å². The Morgan fingerprint density at radius 2 is 2.00 bits per heavy atom. The van der Waals surface area contributed by atoms with E-state index in [4.69, 9.17) is 0 Å². The van der Waals surface area contributed by atoms with Crippen LogP contribution in [-0.4, -0.2) is 39.4 Å². The molecule has 1 atom stereocenters. The fraction of sp³-hybridized carbons (Fsp3) is 0.600. The maximum Gasteiger partial charge on any atom is 0.243 e. The van der Waals surface area contributed by atoms with E-state index < -0.39 is 10.0 Å². The maximum absolute atomic E-state index is 12.6. The van der Waals surface area contributed by atoms with Gasteiger partial charge in [0.25, 0.3) is 0 Å². The summed E-state index contributed by atoms with van der Waals surface area (Å²) in [6.07, 6.45) is 2.97. The monoisotopic (exact) mass is 296 g/mol. The Hall–Kier alpha value is -0.910. The van der Waals surface area contributed by atoms with Gasteiger partial charge in [-0.2, -0.15) is 4.31 Å². The molecule has 0 amide bonds. The number of nitrogens with one attached hydrogen (secondary N) is 1. The normalized spacial score (nSPS) is 21.0. The summed E-state index contributed by atoms with van der Waals surface area (Å²) >= 11 is 0. The molecule has 0 spiro atoms. The minimum atomic E-state index is -3.33. The van der Waals surface area contributed by atoms with Gasteiger partial charge in [-0.05, 0) is 56.5 Å². The van der Waals surface area contributed by atoms with Crippen molar-refractivity contribution in [3.63, 3.8) is 0 Å². The first-order valence-electron chi connectivity index (χ1n) is 7.31. The number of hydrogen-bond acceptors (Lipinski definition) is 3. The van der Waals surface area contributed by atoms with Gasteiger partial charge >= 0.3 is 0 Å². The van der Waals surface area contributed by atoms with Crippen molar-refractivity contribution >= 4 is 10.0 Å². The zero-order valence-electron chi connectivity index (χ0n) is 12.3. The minimum absolute atomic E-state index is 0.415. The number of benzene rings is 1. The minimum Gasteiger partial charge on any atom is -0.319 e. The van der Waals surface area contributed by atoms with E-state index >= 15 is 0 Å². The predicted molar refractivity (Wildman–Crippen MR) is 81.2 cm³/mol. The molecule has 112 valence electrons. The van der Waals surface area contributed by atoms with E-state index in [9.17, 15) is 8.42 Å². The van der Waals surface area contributed by atoms with Gasteiger partial charge in [0.2, 0.25) is 10.0 Å². The van der Waals surface area contributed by atoms with E-state index in [1.807, 2.05) is 19.2 Å². The summed E-state index contributed by atoms with van der Waals surface area (Å²) in [6, 6.07) is 7.27. The van der Waals surface area contributed by atoms with Crippen molar-refractivity contribution in [3.8, 4) is 0 Å². The zero-order chi connectivity index (χ0) is 14.6. The molecular weight excluding hydrogens is 272 g/mol. The quantitative estimate of drug-likeness (QED) is 0.902. The number of sulfonamides is 1. The largest absolute Gasteiger partial charge is 0.319 e. The topological polar surface area (TPSA) is 49.4 Å². The van der Waals surface area contributed by atoms with Crippen LogP contribution in [0.25, 0.3) is 0 Å². The highest BCUT2D eigenvalue weighted by atomic mass is 32.2. The second-order valence-corrected chi connectivity index (χ2v) is 7.36. The van der Waals surface area contributed by atoms with Gasteiger partial charge in [-0.15, -0.1) is 0 Å². The molecule has 1 saturated heterocycles. The fourth-order valence-electron chi connectivity index (χ4n) is 2.75. The summed E-state index contributed by atoms with van der Waals surface area (Å²) in [5, 5.41) is 3.14. The molecular formula is C15H24N2O2S. The van der Waals surface area contributed by atoms with E-state index in [0.29, 0.717) is 23.9 Å². The second kappa shape index (κ2) is 6.70. The van der Waals surface area contributed by atoms with E-state index in [2.05, 4.69) is 12.2 Å². The standard InChI is InChI=1S/C15H24N2O2S/c1-3-13-6-8-15(9-7-13)20(18,19)17-10-4-5-14(12-17)11-16-2/h6-9,14,16H,3-5,10-12H2,1-2H3. The first-order valence-corrected chi connectivity index (χ1v) is 8.75. The Balaban J connectivity index is 2.16. The molecule has 0 saturated carbocycles. The Bertz CT molecular complexity index is 523. The molecule has 1 aromatic carbocycles. The molecule has 1 unspecified atom stereocenters. The fourth-order valence-corrected chi connectivity index (χ4v) is 4.30. The van der Waals surface area contributed by atoms with Crippen molar-refractivity contribution in [2.75, 3.05) is 26.7 Å². The summed E-state index contributed by atoms with van der Waals surface area (Å²) in [6.45, 7) is 4.20. The summed E-state index contributed by atoms with van der Waals surface area (Å²) < 4.78 is 26.9. The lowest BCUT2D eigenvalue weighted by Gasteiger charge is -2.31. The van der Waals surface area contributed by atoms with Gasteiger partial charge in [0.1, 0.15) is 0 Å². The van der Waals surface area contributed by atoms with Gasteiger partial charge in [-0.3, -0.25) is 0 Å². The van der Waals surface area contributed by atoms with Crippen LogP contribution in [0.5, 0.6) is 0 Å². The lowest BCUT2D eigenvalue weighted by atomic mass is 10.00. The Labute approximate surface area is 122 Å². The first kappa shape index (κ1) is 15.5. The molecule has 1 N–H and O–H groups in total. The van der Waals surface area contributed by atoms with Crippen LogP contribution < -0.4 is 5.32 Å². The van der Waals surface area contributed by atoms with Crippen molar-refractivity contribution in [2.24, 2.45) is 5.92 Å². The van der Waals surface area contributed by atoms with Crippen LogP contribution in [0.2, 0.25) is 0 Å². The molecule has 4 nitrogen and oxygen atoms in total. The number of nitrogens with zero attached hydrogens (tertiary/aromatic N) is 1. The number of hydrogen-bond donors (Lipinski definition) is 1. The third-order valence-electron chi connectivity index (χ3n) is 3.94. The zero-order valence-corrected chi connectivity index (χ0v) is 13.1. The van der Waals surface area contributed by atoms with Crippen molar-refractivity contribution < 1.29 is 8.42 Å². The molecule has 0 bridgehead atoms. The smallest absolute Gasteiger partial charge is 0.243 e. The van der Waals surface area contributed by atoms with Gasteiger partial charge in [0, 0.05) is 13.1 Å². The number of piperidine rings is 1. The van der Waals surface area contributed by atoms with E-state index in [1.165, 1.54) is 0 Å². The Morgan fingerprint density at radius 1 is 1.30 bits per heavy atom. The highest BCUT2D eigenvalue weighted by Gasteiger charge is 2.29. The van der Waals surface area contributed by atoms with E-state index in [0.717, 1.165) is 31.4 Å². The molecule has 0 aliphatic carbocycles. The Kier molecular flexibility index (Phi) is 5.18. The van der Waals surface area contributed by atoms with E-state index in [1.54, 1.807) is 16.4 Å². The molecule has 0 radical (unpaired) electrons. The molecule has 1 heterocycles. The molecule has 2 rings (SSSR count). The third kappa shape index (κ3) is 3.40. The van der Waals surface area contributed by atoms with Gasteiger partial charge in [0.15, 0.2) is 0 Å². The highest BCUT2D eigenvalue weighted by molar-refractivity contribution is 7.89. The third-order valence-corrected chi connectivity index (χ3v) is 5.82. The summed E-state index contributed by atoms with van der Waals surface area (Å²) in [7, 11) is -1.42. The molecule has 5 heteroatoms. The van der Waals surface area contributed by atoms with Gasteiger partial charge < -0.3 is 5.32 Å². The van der Waals surface area contributed by atoms with Crippen LogP contribution in [0.15, 0.2) is 29.2 Å². The predicted octanol–water partition coefficient (Wildman–Crippen LogP) is 1.87. The van der Waals surface area contributed by atoms with Crippen LogP contribution in [0.4, 0.5) is 0 Å².